The summed E-state index contributed by atoms with van der Waals surface area (Å²) in [6.07, 6.45) is 10.3. The Morgan fingerprint density at radius 2 is 1.50 bits per heavy atom. The summed E-state index contributed by atoms with van der Waals surface area (Å²) >= 11 is -2.35. The van der Waals surface area contributed by atoms with E-state index < -0.39 is 18.4 Å². The van der Waals surface area contributed by atoms with Gasteiger partial charge in [-0.15, -0.1) is 0 Å². The first kappa shape index (κ1) is 24.0. The van der Waals surface area contributed by atoms with Gasteiger partial charge in [0.05, 0.1) is 0 Å². The van der Waals surface area contributed by atoms with E-state index in [2.05, 4.69) is 30.9 Å². The van der Waals surface area contributed by atoms with Crippen molar-refractivity contribution < 1.29 is 14.6 Å². The molecular weight excluding hydrogens is 407 g/mol. The normalized spacial score (nSPS) is 13.4. The molecule has 0 saturated heterocycles. The van der Waals surface area contributed by atoms with Crippen LogP contribution in [0, 0.1) is 5.92 Å². The fraction of sp³-hybridized carbons (Fsp3) is 0.850. The molecule has 0 aliphatic heterocycles. The molecule has 0 aromatic carbocycles. The zero-order chi connectivity index (χ0) is 18.3. The third kappa shape index (κ3) is 10.1. The standard InChI is InChI=1S/C8H13O3.3C4H9.Sn/c1-3-7(5-6-9)8(10)11-4-2;3*1-3-4-2;/h1,3,7,9H,4-6H2,2H3;3*1,3-4H2,2H3;/t7-;;;;/m0..../s1. The van der Waals surface area contributed by atoms with E-state index in [1.807, 2.05) is 6.92 Å². The van der Waals surface area contributed by atoms with E-state index in [0.29, 0.717) is 13.0 Å². The number of aliphatic hydroxyl groups excluding tert-OH is 1. The number of unbranched alkanes of at least 4 members (excludes halogenated alkanes) is 3. The summed E-state index contributed by atoms with van der Waals surface area (Å²) in [6.45, 7) is 9.10. The van der Waals surface area contributed by atoms with Crippen molar-refractivity contribution in [2.24, 2.45) is 5.92 Å². The summed E-state index contributed by atoms with van der Waals surface area (Å²) in [4.78, 5) is 12.1. The number of hydrogen-bond donors (Lipinski definition) is 1. The fourth-order valence-electron chi connectivity index (χ4n) is 3.21. The summed E-state index contributed by atoms with van der Waals surface area (Å²) < 4.78 is 11.9. The van der Waals surface area contributed by atoms with Gasteiger partial charge in [-0.2, -0.15) is 0 Å². The summed E-state index contributed by atoms with van der Waals surface area (Å²) in [5.41, 5.74) is 0. The van der Waals surface area contributed by atoms with Crippen molar-refractivity contribution in [2.45, 2.75) is 86.0 Å². The average Bonchev–Trinajstić information content (AvgIpc) is 2.59. The van der Waals surface area contributed by atoms with Gasteiger partial charge < -0.3 is 0 Å². The Morgan fingerprint density at radius 1 is 1.00 bits per heavy atom. The van der Waals surface area contributed by atoms with Gasteiger partial charge in [0, 0.05) is 0 Å². The molecule has 1 N–H and O–H groups in total. The summed E-state index contributed by atoms with van der Waals surface area (Å²) in [6, 6.07) is 0. The molecule has 0 spiro atoms. The van der Waals surface area contributed by atoms with Gasteiger partial charge in [0.2, 0.25) is 0 Å². The van der Waals surface area contributed by atoms with E-state index in [1.54, 1.807) is 0 Å². The number of esters is 1. The van der Waals surface area contributed by atoms with Crippen LogP contribution in [-0.4, -0.2) is 42.7 Å². The molecule has 0 amide bonds. The van der Waals surface area contributed by atoms with Crippen molar-refractivity contribution in [3.63, 3.8) is 0 Å². The van der Waals surface area contributed by atoms with E-state index >= 15 is 0 Å². The maximum absolute atomic E-state index is 12.1. The first-order valence-corrected chi connectivity index (χ1v) is 17.8. The average molecular weight is 447 g/mol. The van der Waals surface area contributed by atoms with Crippen LogP contribution in [0.15, 0.2) is 10.2 Å². The first-order chi connectivity index (χ1) is 11.6. The summed E-state index contributed by atoms with van der Waals surface area (Å²) in [7, 11) is 0. The SMILES string of the molecule is CCC[CH2][Sn](/[CH]=C\[C@@H](CCO)C(=O)OCC)([CH2]CCC)[CH2]CCC. The third-order valence-corrected chi connectivity index (χ3v) is 18.9. The molecule has 4 heteroatoms. The molecule has 0 saturated carbocycles. The Bertz CT molecular complexity index is 320. The van der Waals surface area contributed by atoms with Gasteiger partial charge in [0.1, 0.15) is 0 Å². The van der Waals surface area contributed by atoms with E-state index in [-0.39, 0.29) is 18.5 Å². The van der Waals surface area contributed by atoms with Crippen molar-refractivity contribution in [1.29, 1.82) is 0 Å². The predicted octanol–water partition coefficient (Wildman–Crippen LogP) is 5.49. The minimum atomic E-state index is -2.35. The number of aliphatic hydroxyl groups is 1. The Hall–Kier alpha value is -0.0313. The molecule has 1 atom stereocenters. The Balaban J connectivity index is 5.26. The van der Waals surface area contributed by atoms with Crippen LogP contribution in [0.2, 0.25) is 13.3 Å². The van der Waals surface area contributed by atoms with Crippen LogP contribution in [0.1, 0.15) is 72.6 Å². The van der Waals surface area contributed by atoms with Crippen LogP contribution in [0.5, 0.6) is 0 Å². The van der Waals surface area contributed by atoms with Crippen LogP contribution in [-0.2, 0) is 9.53 Å². The first-order valence-electron chi connectivity index (χ1n) is 10.1. The third-order valence-electron chi connectivity index (χ3n) is 4.80. The topological polar surface area (TPSA) is 46.5 Å². The maximum atomic E-state index is 12.1. The number of ether oxygens (including phenoxy) is 1. The molecule has 0 aliphatic rings. The Kier molecular flexibility index (Phi) is 15.2. The van der Waals surface area contributed by atoms with Crippen LogP contribution < -0.4 is 0 Å². The van der Waals surface area contributed by atoms with Crippen molar-refractivity contribution in [1.82, 2.24) is 0 Å². The summed E-state index contributed by atoms with van der Waals surface area (Å²) in [5.74, 6) is -0.444. The van der Waals surface area contributed by atoms with Gasteiger partial charge in [-0.1, -0.05) is 0 Å². The van der Waals surface area contributed by atoms with Crippen LogP contribution in [0.25, 0.3) is 0 Å². The molecule has 0 aromatic rings. The Labute approximate surface area is 154 Å². The molecule has 0 rings (SSSR count). The van der Waals surface area contributed by atoms with Crippen molar-refractivity contribution in [3.05, 3.63) is 10.2 Å². The number of rotatable bonds is 15. The Morgan fingerprint density at radius 3 is 1.88 bits per heavy atom. The van der Waals surface area contributed by atoms with E-state index in [1.165, 1.54) is 51.8 Å². The fourth-order valence-corrected chi connectivity index (χ4v) is 17.7. The molecule has 0 fully saturated rings. The second kappa shape index (κ2) is 15.2. The van der Waals surface area contributed by atoms with Gasteiger partial charge in [0.15, 0.2) is 0 Å². The second-order valence-corrected chi connectivity index (χ2v) is 19.9. The van der Waals surface area contributed by atoms with E-state index in [9.17, 15) is 9.90 Å². The number of carbonyl (C=O) groups excluding carboxylic acids is 1. The molecule has 24 heavy (non-hydrogen) atoms. The van der Waals surface area contributed by atoms with Crippen molar-refractivity contribution in [2.75, 3.05) is 13.2 Å². The molecule has 3 nitrogen and oxygen atoms in total. The summed E-state index contributed by atoms with van der Waals surface area (Å²) in [5, 5.41) is 9.28. The van der Waals surface area contributed by atoms with Crippen molar-refractivity contribution >= 4 is 24.3 Å². The quantitative estimate of drug-likeness (QED) is 0.267. The van der Waals surface area contributed by atoms with Gasteiger partial charge in [-0.3, -0.25) is 0 Å². The van der Waals surface area contributed by atoms with Gasteiger partial charge in [-0.25, -0.2) is 0 Å². The zero-order valence-electron chi connectivity index (χ0n) is 16.5. The van der Waals surface area contributed by atoms with Crippen LogP contribution in [0.3, 0.4) is 0 Å². The monoisotopic (exact) mass is 448 g/mol. The molecule has 0 radical (unpaired) electrons. The van der Waals surface area contributed by atoms with Crippen molar-refractivity contribution in [3.8, 4) is 0 Å². The molecule has 0 aliphatic carbocycles. The van der Waals surface area contributed by atoms with Gasteiger partial charge in [0.25, 0.3) is 0 Å². The molecule has 0 bridgehead atoms. The molecule has 0 heterocycles. The number of carbonyl (C=O) groups is 1. The molecule has 0 unspecified atom stereocenters. The number of hydrogen-bond acceptors (Lipinski definition) is 3. The van der Waals surface area contributed by atoms with Gasteiger partial charge in [-0.05, 0) is 0 Å². The molecular formula is C20H40O3Sn. The van der Waals surface area contributed by atoms with Crippen LogP contribution in [0.4, 0.5) is 0 Å². The van der Waals surface area contributed by atoms with E-state index in [0.717, 1.165) is 0 Å². The predicted molar refractivity (Wildman–Crippen MR) is 106 cm³/mol. The van der Waals surface area contributed by atoms with Crippen LogP contribution >= 0.6 is 0 Å². The zero-order valence-corrected chi connectivity index (χ0v) is 19.3. The molecule has 142 valence electrons. The van der Waals surface area contributed by atoms with E-state index in [4.69, 9.17) is 4.74 Å². The molecule has 0 aromatic heterocycles. The minimum absolute atomic E-state index is 0.0369. The second-order valence-electron chi connectivity index (χ2n) is 6.90. The van der Waals surface area contributed by atoms with Gasteiger partial charge >= 0.3 is 154 Å².